The van der Waals surface area contributed by atoms with E-state index in [0.29, 0.717) is 0 Å². The first-order valence-corrected chi connectivity index (χ1v) is 9.25. The number of thiophene rings is 1. The summed E-state index contributed by atoms with van der Waals surface area (Å²) in [5, 5.41) is 3.67. The molecule has 8 heteroatoms. The molecule has 1 aromatic carbocycles. The molecule has 0 aliphatic heterocycles. The fourth-order valence-electron chi connectivity index (χ4n) is 2.02. The zero-order valence-corrected chi connectivity index (χ0v) is 14.5. The Kier molecular flexibility index (Phi) is 5.57. The molecule has 0 amide bonds. The van der Waals surface area contributed by atoms with Crippen molar-refractivity contribution >= 4 is 33.0 Å². The van der Waals surface area contributed by atoms with Crippen molar-refractivity contribution in [2.75, 3.05) is 20.6 Å². The Bertz CT molecular complexity index is 733. The molecule has 0 saturated heterocycles. The molecule has 0 spiro atoms. The van der Waals surface area contributed by atoms with Crippen molar-refractivity contribution in [3.8, 4) is 0 Å². The van der Waals surface area contributed by atoms with Crippen molar-refractivity contribution in [2.45, 2.75) is 10.9 Å². The van der Waals surface area contributed by atoms with Crippen LogP contribution < -0.4 is 4.72 Å². The third-order valence-corrected chi connectivity index (χ3v) is 5.66. The Morgan fingerprint density at radius 1 is 1.36 bits per heavy atom. The van der Waals surface area contributed by atoms with Crippen molar-refractivity contribution in [1.29, 1.82) is 0 Å². The van der Waals surface area contributed by atoms with Crippen molar-refractivity contribution < 1.29 is 12.8 Å². The highest BCUT2D eigenvalue weighted by Crippen LogP contribution is 2.23. The summed E-state index contributed by atoms with van der Waals surface area (Å²) in [4.78, 5) is 1.46. The molecule has 0 radical (unpaired) electrons. The van der Waals surface area contributed by atoms with Gasteiger partial charge < -0.3 is 4.90 Å². The SMILES string of the molecule is CN(C)[C@H](CNS(=O)(=O)c1cccc(Cl)c1F)c1ccsc1. The number of rotatable bonds is 6. The molecule has 0 fully saturated rings. The third kappa shape index (κ3) is 3.85. The smallest absolute Gasteiger partial charge is 0.243 e. The second-order valence-electron chi connectivity index (χ2n) is 4.94. The summed E-state index contributed by atoms with van der Waals surface area (Å²) in [6, 6.07) is 5.71. The highest BCUT2D eigenvalue weighted by molar-refractivity contribution is 7.89. The van der Waals surface area contributed by atoms with Crippen LogP contribution >= 0.6 is 22.9 Å². The molecular formula is C14H16ClFN2O2S2. The van der Waals surface area contributed by atoms with E-state index in [1.807, 2.05) is 35.8 Å². The molecule has 0 aliphatic carbocycles. The lowest BCUT2D eigenvalue weighted by atomic mass is 10.1. The van der Waals surface area contributed by atoms with E-state index in [-0.39, 0.29) is 17.6 Å². The highest BCUT2D eigenvalue weighted by atomic mass is 35.5. The normalized spacial score (nSPS) is 13.5. The number of benzene rings is 1. The van der Waals surface area contributed by atoms with Crippen molar-refractivity contribution in [1.82, 2.24) is 9.62 Å². The van der Waals surface area contributed by atoms with Crippen LogP contribution in [0.5, 0.6) is 0 Å². The molecule has 4 nitrogen and oxygen atoms in total. The summed E-state index contributed by atoms with van der Waals surface area (Å²) in [6.07, 6.45) is 0. The van der Waals surface area contributed by atoms with Gasteiger partial charge in [0.1, 0.15) is 4.90 Å². The summed E-state index contributed by atoms with van der Waals surface area (Å²) in [5.74, 6) is -0.936. The van der Waals surface area contributed by atoms with Crippen LogP contribution in [0.15, 0.2) is 39.9 Å². The maximum atomic E-state index is 13.9. The van der Waals surface area contributed by atoms with Gasteiger partial charge in [0.05, 0.1) is 5.02 Å². The van der Waals surface area contributed by atoms with Gasteiger partial charge in [0.15, 0.2) is 5.82 Å². The van der Waals surface area contributed by atoms with E-state index in [2.05, 4.69) is 4.72 Å². The van der Waals surface area contributed by atoms with Gasteiger partial charge in [-0.05, 0) is 48.6 Å². The average molecular weight is 363 g/mol. The molecule has 120 valence electrons. The predicted octanol–water partition coefficient (Wildman–Crippen LogP) is 3.12. The Morgan fingerprint density at radius 2 is 2.09 bits per heavy atom. The Morgan fingerprint density at radius 3 is 2.68 bits per heavy atom. The van der Waals surface area contributed by atoms with Gasteiger partial charge in [0, 0.05) is 12.6 Å². The summed E-state index contributed by atoms with van der Waals surface area (Å²) in [6.45, 7) is 0.137. The average Bonchev–Trinajstić information content (AvgIpc) is 2.95. The molecule has 1 aromatic heterocycles. The number of hydrogen-bond donors (Lipinski definition) is 1. The third-order valence-electron chi connectivity index (χ3n) is 3.22. The lowest BCUT2D eigenvalue weighted by Crippen LogP contribution is -2.34. The van der Waals surface area contributed by atoms with Gasteiger partial charge in [0.25, 0.3) is 0 Å². The molecule has 0 aliphatic rings. The number of sulfonamides is 1. The highest BCUT2D eigenvalue weighted by Gasteiger charge is 2.23. The Hall–Kier alpha value is -0.990. The molecular weight excluding hydrogens is 347 g/mol. The molecule has 1 N–H and O–H groups in total. The van der Waals surface area contributed by atoms with Crippen LogP contribution in [-0.4, -0.2) is 34.0 Å². The van der Waals surface area contributed by atoms with Crippen molar-refractivity contribution in [3.05, 3.63) is 51.4 Å². The van der Waals surface area contributed by atoms with Gasteiger partial charge in [-0.3, -0.25) is 0 Å². The van der Waals surface area contributed by atoms with Crippen LogP contribution in [-0.2, 0) is 10.0 Å². The number of hydrogen-bond acceptors (Lipinski definition) is 4. The quantitative estimate of drug-likeness (QED) is 0.858. The standard InChI is InChI=1S/C14H16ClFN2O2S2/c1-18(2)12(10-6-7-21-9-10)8-17-22(19,20)13-5-3-4-11(15)14(13)16/h3-7,9,12,17H,8H2,1-2H3/t12-/m1/s1. The summed E-state index contributed by atoms with van der Waals surface area (Å²) >= 11 is 7.18. The summed E-state index contributed by atoms with van der Waals surface area (Å²) < 4.78 is 40.9. The van der Waals surface area contributed by atoms with E-state index >= 15 is 0 Å². The predicted molar refractivity (Wildman–Crippen MR) is 87.3 cm³/mol. The lowest BCUT2D eigenvalue weighted by molar-refractivity contribution is 0.300. The number of nitrogens with zero attached hydrogens (tertiary/aromatic N) is 1. The Balaban J connectivity index is 2.20. The molecule has 2 aromatic rings. The lowest BCUT2D eigenvalue weighted by Gasteiger charge is -2.24. The monoisotopic (exact) mass is 362 g/mol. The fraction of sp³-hybridized carbons (Fsp3) is 0.286. The van der Waals surface area contributed by atoms with E-state index in [0.717, 1.165) is 5.56 Å². The first-order chi connectivity index (χ1) is 10.3. The van der Waals surface area contributed by atoms with Crippen LogP contribution in [0.3, 0.4) is 0 Å². The Labute approximate surface area is 138 Å². The molecule has 2 rings (SSSR count). The van der Waals surface area contributed by atoms with Gasteiger partial charge >= 0.3 is 0 Å². The zero-order chi connectivity index (χ0) is 16.3. The van der Waals surface area contributed by atoms with E-state index in [4.69, 9.17) is 11.6 Å². The molecule has 0 saturated carbocycles. The van der Waals surface area contributed by atoms with Crippen LogP contribution in [0.25, 0.3) is 0 Å². The fourth-order valence-corrected chi connectivity index (χ4v) is 4.10. The summed E-state index contributed by atoms with van der Waals surface area (Å²) in [5.41, 5.74) is 1.00. The van der Waals surface area contributed by atoms with Crippen LogP contribution in [0.1, 0.15) is 11.6 Å². The topological polar surface area (TPSA) is 49.4 Å². The molecule has 22 heavy (non-hydrogen) atoms. The number of likely N-dealkylation sites (N-methyl/N-ethyl adjacent to an activating group) is 1. The van der Waals surface area contributed by atoms with E-state index < -0.39 is 20.7 Å². The van der Waals surface area contributed by atoms with Gasteiger partial charge in [0.2, 0.25) is 10.0 Å². The minimum Gasteiger partial charge on any atom is -0.301 e. The van der Waals surface area contributed by atoms with Crippen LogP contribution in [0.2, 0.25) is 5.02 Å². The van der Waals surface area contributed by atoms with Gasteiger partial charge in [-0.1, -0.05) is 17.7 Å². The van der Waals surface area contributed by atoms with Crippen LogP contribution in [0.4, 0.5) is 4.39 Å². The molecule has 1 atom stereocenters. The van der Waals surface area contributed by atoms with Gasteiger partial charge in [-0.15, -0.1) is 0 Å². The molecule has 1 heterocycles. The minimum absolute atomic E-state index is 0.136. The first-order valence-electron chi connectivity index (χ1n) is 6.45. The number of nitrogens with one attached hydrogen (secondary N) is 1. The zero-order valence-electron chi connectivity index (χ0n) is 12.1. The largest absolute Gasteiger partial charge is 0.301 e. The first kappa shape index (κ1) is 17.4. The van der Waals surface area contributed by atoms with Crippen LogP contribution in [0, 0.1) is 5.82 Å². The van der Waals surface area contributed by atoms with Gasteiger partial charge in [-0.25, -0.2) is 17.5 Å². The second-order valence-corrected chi connectivity index (χ2v) is 7.86. The number of halogens is 2. The maximum absolute atomic E-state index is 13.9. The van der Waals surface area contributed by atoms with E-state index in [1.165, 1.54) is 29.5 Å². The molecule has 0 bridgehead atoms. The van der Waals surface area contributed by atoms with Gasteiger partial charge in [-0.2, -0.15) is 11.3 Å². The van der Waals surface area contributed by atoms with Crippen molar-refractivity contribution in [3.63, 3.8) is 0 Å². The van der Waals surface area contributed by atoms with Crippen molar-refractivity contribution in [2.24, 2.45) is 0 Å². The second kappa shape index (κ2) is 7.06. The summed E-state index contributed by atoms with van der Waals surface area (Å²) in [7, 11) is -0.250. The molecule has 0 unspecified atom stereocenters. The maximum Gasteiger partial charge on any atom is 0.243 e. The van der Waals surface area contributed by atoms with E-state index in [9.17, 15) is 12.8 Å². The minimum atomic E-state index is -3.97. The van der Waals surface area contributed by atoms with E-state index in [1.54, 1.807) is 0 Å².